The highest BCUT2D eigenvalue weighted by molar-refractivity contribution is 5.81. The molecule has 0 spiro atoms. The van der Waals surface area contributed by atoms with Gasteiger partial charge in [-0.2, -0.15) is 0 Å². The average molecular weight is 418 g/mol. The van der Waals surface area contributed by atoms with Crippen molar-refractivity contribution in [3.63, 3.8) is 0 Å². The topological polar surface area (TPSA) is 126 Å². The lowest BCUT2D eigenvalue weighted by Crippen LogP contribution is -2.44. The molecule has 162 valence electrons. The van der Waals surface area contributed by atoms with Gasteiger partial charge in [0.15, 0.2) is 0 Å². The van der Waals surface area contributed by atoms with Crippen LogP contribution < -0.4 is 5.32 Å². The summed E-state index contributed by atoms with van der Waals surface area (Å²) in [6.07, 6.45) is 2.67. The molecule has 10 heteroatoms. The molecule has 1 atom stereocenters. The standard InChI is InChI=1S/C20H26N4O6/c1-20(2,3)30-19(26)22-16(17(25)29-14-15-8-5-4-6-9-15)10-7-12-23-13-11-21-18(23)24(27)28/h4-6,8-9,11,13,16H,7,10,12,14H2,1-3H3,(H,22,26)/t16-/m1/s1. The van der Waals surface area contributed by atoms with Crippen LogP contribution in [0, 0.1) is 10.1 Å². The minimum Gasteiger partial charge on any atom is -0.459 e. The number of nitrogens with one attached hydrogen (secondary N) is 1. The number of esters is 1. The molecule has 1 aromatic heterocycles. The van der Waals surface area contributed by atoms with E-state index < -0.39 is 28.6 Å². The van der Waals surface area contributed by atoms with Crippen LogP contribution in [0.3, 0.4) is 0 Å². The predicted molar refractivity (Wildman–Crippen MR) is 108 cm³/mol. The maximum atomic E-state index is 12.6. The van der Waals surface area contributed by atoms with Crippen molar-refractivity contribution in [1.82, 2.24) is 14.9 Å². The van der Waals surface area contributed by atoms with Crippen molar-refractivity contribution in [3.05, 3.63) is 58.4 Å². The third-order valence-electron chi connectivity index (χ3n) is 3.95. The number of aromatic nitrogens is 2. The largest absolute Gasteiger partial charge is 0.459 e. The predicted octanol–water partition coefficient (Wildman–Crippen LogP) is 3.21. The van der Waals surface area contributed by atoms with Crippen LogP contribution in [0.2, 0.25) is 0 Å². The smallest absolute Gasteiger partial charge is 0.434 e. The van der Waals surface area contributed by atoms with E-state index in [1.54, 1.807) is 20.8 Å². The summed E-state index contributed by atoms with van der Waals surface area (Å²) in [4.78, 5) is 38.8. The molecule has 0 aliphatic rings. The fraction of sp³-hybridized carbons (Fsp3) is 0.450. The minimum atomic E-state index is -0.953. The van der Waals surface area contributed by atoms with E-state index in [1.807, 2.05) is 30.3 Å². The van der Waals surface area contributed by atoms with E-state index in [4.69, 9.17) is 9.47 Å². The number of amides is 1. The molecule has 0 aliphatic heterocycles. The Morgan fingerprint density at radius 1 is 1.27 bits per heavy atom. The van der Waals surface area contributed by atoms with Crippen LogP contribution in [0.5, 0.6) is 0 Å². The Morgan fingerprint density at radius 3 is 2.60 bits per heavy atom. The lowest BCUT2D eigenvalue weighted by molar-refractivity contribution is -0.396. The molecule has 1 heterocycles. The quantitative estimate of drug-likeness (QED) is 0.376. The van der Waals surface area contributed by atoms with Gasteiger partial charge in [-0.3, -0.25) is 0 Å². The van der Waals surface area contributed by atoms with Gasteiger partial charge in [0.25, 0.3) is 0 Å². The van der Waals surface area contributed by atoms with Crippen molar-refractivity contribution in [3.8, 4) is 0 Å². The zero-order chi connectivity index (χ0) is 22.1. The number of aryl methyl sites for hydroxylation is 1. The van der Waals surface area contributed by atoms with Crippen molar-refractivity contribution in [1.29, 1.82) is 0 Å². The Balaban J connectivity index is 1.98. The van der Waals surface area contributed by atoms with Crippen molar-refractivity contribution < 1.29 is 24.0 Å². The number of hydrogen-bond donors (Lipinski definition) is 1. The van der Waals surface area contributed by atoms with Crippen molar-refractivity contribution >= 4 is 18.0 Å². The summed E-state index contributed by atoms with van der Waals surface area (Å²) in [5, 5.41) is 13.5. The third-order valence-corrected chi connectivity index (χ3v) is 3.95. The zero-order valence-electron chi connectivity index (χ0n) is 17.2. The molecule has 0 fully saturated rings. The number of alkyl carbamates (subject to hydrolysis) is 1. The highest BCUT2D eigenvalue weighted by Gasteiger charge is 2.26. The molecule has 0 unspecified atom stereocenters. The second-order valence-electron chi connectivity index (χ2n) is 7.61. The Labute approximate surface area is 174 Å². The lowest BCUT2D eigenvalue weighted by atomic mass is 10.1. The molecule has 1 N–H and O–H groups in total. The molecule has 30 heavy (non-hydrogen) atoms. The third kappa shape index (κ3) is 7.53. The van der Waals surface area contributed by atoms with Crippen molar-refractivity contribution in [2.24, 2.45) is 0 Å². The highest BCUT2D eigenvalue weighted by Crippen LogP contribution is 2.12. The molecule has 0 saturated carbocycles. The van der Waals surface area contributed by atoms with Gasteiger partial charge in [0.2, 0.25) is 0 Å². The highest BCUT2D eigenvalue weighted by atomic mass is 16.6. The summed E-state index contributed by atoms with van der Waals surface area (Å²) in [7, 11) is 0. The van der Waals surface area contributed by atoms with E-state index >= 15 is 0 Å². The van der Waals surface area contributed by atoms with Crippen LogP contribution in [0.4, 0.5) is 10.7 Å². The number of nitro groups is 1. The molecule has 0 bridgehead atoms. The SMILES string of the molecule is CC(C)(C)OC(=O)N[C@H](CCCn1ccnc1[N+](=O)[O-])C(=O)OCc1ccccc1. The van der Waals surface area contributed by atoms with Gasteiger partial charge in [-0.15, -0.1) is 0 Å². The number of nitrogens with zero attached hydrogens (tertiary/aromatic N) is 3. The first-order valence-corrected chi connectivity index (χ1v) is 9.51. The van der Waals surface area contributed by atoms with E-state index in [0.29, 0.717) is 6.42 Å². The van der Waals surface area contributed by atoms with Gasteiger partial charge >= 0.3 is 18.0 Å². The molecule has 10 nitrogen and oxygen atoms in total. The second-order valence-corrected chi connectivity index (χ2v) is 7.61. The Hall–Kier alpha value is -3.43. The molecule has 1 amide bonds. The van der Waals surface area contributed by atoms with Gasteiger partial charge < -0.3 is 24.9 Å². The number of carbonyl (C=O) groups excluding carboxylic acids is 2. The molecule has 0 saturated heterocycles. The fourth-order valence-electron chi connectivity index (χ4n) is 2.64. The summed E-state index contributed by atoms with van der Waals surface area (Å²) < 4.78 is 11.9. The number of hydrogen-bond acceptors (Lipinski definition) is 7. The van der Waals surface area contributed by atoms with E-state index in [9.17, 15) is 19.7 Å². The summed E-state index contributed by atoms with van der Waals surface area (Å²) in [6.45, 7) is 5.47. The zero-order valence-corrected chi connectivity index (χ0v) is 17.2. The van der Waals surface area contributed by atoms with Crippen LogP contribution >= 0.6 is 0 Å². The number of rotatable bonds is 9. The van der Waals surface area contributed by atoms with E-state index in [2.05, 4.69) is 10.3 Å². The van der Waals surface area contributed by atoms with Gasteiger partial charge in [-0.25, -0.2) is 14.2 Å². The first-order valence-electron chi connectivity index (χ1n) is 9.51. The number of imidazole rings is 1. The van der Waals surface area contributed by atoms with Gasteiger partial charge in [0, 0.05) is 0 Å². The monoisotopic (exact) mass is 418 g/mol. The lowest BCUT2D eigenvalue weighted by Gasteiger charge is -2.23. The molecule has 0 aliphatic carbocycles. The van der Waals surface area contributed by atoms with E-state index in [0.717, 1.165) is 5.56 Å². The van der Waals surface area contributed by atoms with Crippen LogP contribution in [0.25, 0.3) is 0 Å². The maximum Gasteiger partial charge on any atom is 0.434 e. The average Bonchev–Trinajstić information content (AvgIpc) is 3.13. The molecule has 1 aromatic carbocycles. The van der Waals surface area contributed by atoms with Crippen molar-refractivity contribution in [2.45, 2.75) is 58.4 Å². The van der Waals surface area contributed by atoms with Crippen LogP contribution in [0.15, 0.2) is 42.7 Å². The molecule has 2 aromatic rings. The van der Waals surface area contributed by atoms with Gasteiger partial charge in [0.1, 0.15) is 30.6 Å². The fourth-order valence-corrected chi connectivity index (χ4v) is 2.64. The Morgan fingerprint density at radius 2 is 1.97 bits per heavy atom. The minimum absolute atomic E-state index is 0.0686. The maximum absolute atomic E-state index is 12.6. The number of ether oxygens (including phenoxy) is 2. The Kier molecular flexibility index (Phi) is 7.90. The normalized spacial score (nSPS) is 12.1. The molecule has 0 radical (unpaired) electrons. The molecule has 2 rings (SSSR count). The summed E-state index contributed by atoms with van der Waals surface area (Å²) >= 11 is 0. The molecular formula is C20H26N4O6. The first kappa shape index (κ1) is 22.9. The van der Waals surface area contributed by atoms with Gasteiger partial charge in [-0.05, 0) is 44.1 Å². The van der Waals surface area contributed by atoms with Gasteiger partial charge in [-0.1, -0.05) is 35.3 Å². The van der Waals surface area contributed by atoms with Crippen LogP contribution in [-0.4, -0.2) is 38.2 Å². The first-order chi connectivity index (χ1) is 14.2. The second kappa shape index (κ2) is 10.4. The summed E-state index contributed by atoms with van der Waals surface area (Å²) in [5.41, 5.74) is 0.0934. The van der Waals surface area contributed by atoms with Crippen LogP contribution in [-0.2, 0) is 27.4 Å². The number of benzene rings is 1. The summed E-state index contributed by atoms with van der Waals surface area (Å²) in [5.74, 6) is -0.886. The van der Waals surface area contributed by atoms with E-state index in [1.165, 1.54) is 17.0 Å². The number of carbonyl (C=O) groups is 2. The Bertz CT molecular complexity index is 860. The van der Waals surface area contributed by atoms with Gasteiger partial charge in [0.05, 0.1) is 6.54 Å². The van der Waals surface area contributed by atoms with Crippen LogP contribution in [0.1, 0.15) is 39.2 Å². The summed E-state index contributed by atoms with van der Waals surface area (Å²) in [6, 6.07) is 8.21. The van der Waals surface area contributed by atoms with E-state index in [-0.39, 0.29) is 25.5 Å². The van der Waals surface area contributed by atoms with Crippen molar-refractivity contribution in [2.75, 3.05) is 0 Å². The molecular weight excluding hydrogens is 392 g/mol.